The summed E-state index contributed by atoms with van der Waals surface area (Å²) >= 11 is 12.5. The molecule has 0 aliphatic rings. The van der Waals surface area contributed by atoms with Gasteiger partial charge in [0.05, 0.1) is 17.6 Å². The molecule has 2 heterocycles. The van der Waals surface area contributed by atoms with Crippen LogP contribution in [0.15, 0.2) is 73.1 Å². The second-order valence-corrected chi connectivity index (χ2v) is 6.83. The monoisotopic (exact) mass is 379 g/mol. The predicted octanol–water partition coefficient (Wildman–Crippen LogP) is 6.22. The standard InChI is InChI=1S/C21H15Cl2N3/c1-14-8-9-17(23)12-19(14)26-20(15-5-4-6-16(22)11-15)13-25-21(26)18-7-2-3-10-24-18/h2-13H,1H3. The lowest BCUT2D eigenvalue weighted by Gasteiger charge is -2.15. The Balaban J connectivity index is 2.02. The van der Waals surface area contributed by atoms with Crippen molar-refractivity contribution in [3.63, 3.8) is 0 Å². The first-order valence-electron chi connectivity index (χ1n) is 8.15. The number of halogens is 2. The second kappa shape index (κ2) is 6.94. The molecule has 0 amide bonds. The highest BCUT2D eigenvalue weighted by Gasteiger charge is 2.17. The maximum atomic E-state index is 6.29. The molecule has 0 aliphatic heterocycles. The van der Waals surface area contributed by atoms with Crippen LogP contribution in [0.4, 0.5) is 0 Å². The van der Waals surface area contributed by atoms with E-state index in [1.165, 1.54) is 0 Å². The Labute approximate surface area is 161 Å². The van der Waals surface area contributed by atoms with E-state index >= 15 is 0 Å². The van der Waals surface area contributed by atoms with Gasteiger partial charge >= 0.3 is 0 Å². The first-order valence-corrected chi connectivity index (χ1v) is 8.91. The van der Waals surface area contributed by atoms with Gasteiger partial charge in [0.1, 0.15) is 5.69 Å². The number of hydrogen-bond acceptors (Lipinski definition) is 2. The Bertz CT molecular complexity index is 1070. The van der Waals surface area contributed by atoms with Crippen molar-refractivity contribution in [2.75, 3.05) is 0 Å². The van der Waals surface area contributed by atoms with Gasteiger partial charge < -0.3 is 0 Å². The molecule has 2 aromatic carbocycles. The first kappa shape index (κ1) is 16.8. The van der Waals surface area contributed by atoms with E-state index in [1.807, 2.05) is 66.9 Å². The minimum absolute atomic E-state index is 0.670. The fourth-order valence-corrected chi connectivity index (χ4v) is 3.30. The van der Waals surface area contributed by atoms with Gasteiger partial charge in [0.25, 0.3) is 0 Å². The van der Waals surface area contributed by atoms with Gasteiger partial charge in [0.15, 0.2) is 5.82 Å². The molecule has 0 fully saturated rings. The van der Waals surface area contributed by atoms with Gasteiger partial charge in [-0.2, -0.15) is 0 Å². The number of aromatic nitrogens is 3. The molecule has 26 heavy (non-hydrogen) atoms. The van der Waals surface area contributed by atoms with Crippen LogP contribution in [0, 0.1) is 6.92 Å². The van der Waals surface area contributed by atoms with E-state index in [2.05, 4.69) is 21.5 Å². The number of imidazole rings is 1. The number of hydrogen-bond donors (Lipinski definition) is 0. The van der Waals surface area contributed by atoms with Crippen LogP contribution in [-0.4, -0.2) is 14.5 Å². The van der Waals surface area contributed by atoms with Crippen LogP contribution in [-0.2, 0) is 0 Å². The van der Waals surface area contributed by atoms with Crippen molar-refractivity contribution in [2.24, 2.45) is 0 Å². The van der Waals surface area contributed by atoms with E-state index in [0.29, 0.717) is 10.0 Å². The summed E-state index contributed by atoms with van der Waals surface area (Å²) in [5, 5.41) is 1.35. The lowest BCUT2D eigenvalue weighted by atomic mass is 10.1. The Kier molecular flexibility index (Phi) is 4.49. The third-order valence-corrected chi connectivity index (χ3v) is 4.66. The summed E-state index contributed by atoms with van der Waals surface area (Å²) in [6.45, 7) is 2.05. The summed E-state index contributed by atoms with van der Waals surface area (Å²) in [5.41, 5.74) is 4.75. The molecule has 3 nitrogen and oxygen atoms in total. The molecule has 128 valence electrons. The largest absolute Gasteiger partial charge is 0.291 e. The highest BCUT2D eigenvalue weighted by molar-refractivity contribution is 6.31. The van der Waals surface area contributed by atoms with Gasteiger partial charge in [0.2, 0.25) is 0 Å². The summed E-state index contributed by atoms with van der Waals surface area (Å²) in [7, 11) is 0. The Morgan fingerprint density at radius 3 is 2.46 bits per heavy atom. The van der Waals surface area contributed by atoms with E-state index in [4.69, 9.17) is 23.2 Å². The number of pyridine rings is 1. The van der Waals surface area contributed by atoms with Gasteiger partial charge in [0, 0.05) is 21.8 Å². The molecule has 0 spiro atoms. The van der Waals surface area contributed by atoms with E-state index in [0.717, 1.165) is 34.0 Å². The summed E-state index contributed by atoms with van der Waals surface area (Å²) < 4.78 is 2.08. The quantitative estimate of drug-likeness (QED) is 0.423. The molecule has 0 unspecified atom stereocenters. The van der Waals surface area contributed by atoms with Crippen LogP contribution >= 0.6 is 23.2 Å². The molecule has 0 bridgehead atoms. The van der Waals surface area contributed by atoms with Gasteiger partial charge in [-0.05, 0) is 48.9 Å². The van der Waals surface area contributed by atoms with Crippen molar-refractivity contribution in [1.82, 2.24) is 14.5 Å². The third kappa shape index (κ3) is 3.12. The Hall–Kier alpha value is -2.62. The predicted molar refractivity (Wildman–Crippen MR) is 107 cm³/mol. The van der Waals surface area contributed by atoms with Crippen LogP contribution < -0.4 is 0 Å². The van der Waals surface area contributed by atoms with Crippen LogP contribution in [0.1, 0.15) is 5.56 Å². The zero-order valence-electron chi connectivity index (χ0n) is 14.0. The van der Waals surface area contributed by atoms with Crippen LogP contribution in [0.2, 0.25) is 10.0 Å². The number of benzene rings is 2. The second-order valence-electron chi connectivity index (χ2n) is 5.96. The summed E-state index contributed by atoms with van der Waals surface area (Å²) in [5.74, 6) is 0.756. The summed E-state index contributed by atoms with van der Waals surface area (Å²) in [6, 6.07) is 19.3. The topological polar surface area (TPSA) is 30.7 Å². The highest BCUT2D eigenvalue weighted by atomic mass is 35.5. The molecule has 0 saturated carbocycles. The summed E-state index contributed by atoms with van der Waals surface area (Å²) in [4.78, 5) is 9.12. The third-order valence-electron chi connectivity index (χ3n) is 4.19. The Morgan fingerprint density at radius 2 is 1.69 bits per heavy atom. The van der Waals surface area contributed by atoms with Crippen LogP contribution in [0.25, 0.3) is 28.5 Å². The smallest absolute Gasteiger partial charge is 0.163 e. The number of rotatable bonds is 3. The Morgan fingerprint density at radius 1 is 0.846 bits per heavy atom. The van der Waals surface area contributed by atoms with E-state index in [1.54, 1.807) is 6.20 Å². The molecular formula is C21H15Cl2N3. The number of nitrogens with zero attached hydrogens (tertiary/aromatic N) is 3. The fraction of sp³-hybridized carbons (Fsp3) is 0.0476. The van der Waals surface area contributed by atoms with Gasteiger partial charge in [-0.15, -0.1) is 0 Å². The van der Waals surface area contributed by atoms with Gasteiger partial charge in [-0.3, -0.25) is 9.55 Å². The summed E-state index contributed by atoms with van der Waals surface area (Å²) in [6.07, 6.45) is 3.61. The molecule has 0 saturated heterocycles. The number of aryl methyl sites for hydroxylation is 1. The minimum Gasteiger partial charge on any atom is -0.291 e. The highest BCUT2D eigenvalue weighted by Crippen LogP contribution is 2.32. The van der Waals surface area contributed by atoms with E-state index < -0.39 is 0 Å². The molecule has 0 N–H and O–H groups in total. The van der Waals surface area contributed by atoms with Crippen LogP contribution in [0.5, 0.6) is 0 Å². The molecule has 5 heteroatoms. The van der Waals surface area contributed by atoms with Gasteiger partial charge in [-0.1, -0.05) is 47.5 Å². The maximum Gasteiger partial charge on any atom is 0.163 e. The molecule has 0 radical (unpaired) electrons. The van der Waals surface area contributed by atoms with Crippen molar-refractivity contribution >= 4 is 23.2 Å². The van der Waals surface area contributed by atoms with Crippen LogP contribution in [0.3, 0.4) is 0 Å². The molecular weight excluding hydrogens is 365 g/mol. The average Bonchev–Trinajstić information content (AvgIpc) is 3.09. The first-order chi connectivity index (χ1) is 12.6. The zero-order valence-corrected chi connectivity index (χ0v) is 15.5. The van der Waals surface area contributed by atoms with Gasteiger partial charge in [-0.25, -0.2) is 4.98 Å². The maximum absolute atomic E-state index is 6.29. The van der Waals surface area contributed by atoms with Crippen molar-refractivity contribution in [2.45, 2.75) is 6.92 Å². The normalized spacial score (nSPS) is 10.9. The van der Waals surface area contributed by atoms with E-state index in [-0.39, 0.29) is 0 Å². The fourth-order valence-electron chi connectivity index (χ4n) is 2.95. The lowest BCUT2D eigenvalue weighted by molar-refractivity contribution is 1.04. The van der Waals surface area contributed by atoms with Crippen molar-refractivity contribution < 1.29 is 0 Å². The van der Waals surface area contributed by atoms with E-state index in [9.17, 15) is 0 Å². The molecule has 0 atom stereocenters. The lowest BCUT2D eigenvalue weighted by Crippen LogP contribution is -2.03. The average molecular weight is 380 g/mol. The molecule has 2 aromatic heterocycles. The molecule has 0 aliphatic carbocycles. The molecule has 4 rings (SSSR count). The van der Waals surface area contributed by atoms with Crippen molar-refractivity contribution in [1.29, 1.82) is 0 Å². The zero-order chi connectivity index (χ0) is 18.1. The van der Waals surface area contributed by atoms with Crippen molar-refractivity contribution in [3.05, 3.63) is 88.7 Å². The van der Waals surface area contributed by atoms with Crippen molar-refractivity contribution in [3.8, 4) is 28.5 Å². The minimum atomic E-state index is 0.670. The SMILES string of the molecule is Cc1ccc(Cl)cc1-n1c(-c2cccc(Cl)c2)cnc1-c1ccccn1. The molecule has 4 aromatic rings.